The van der Waals surface area contributed by atoms with Crippen molar-refractivity contribution in [1.29, 1.82) is 10.5 Å². The minimum atomic E-state index is 0.281. The molecular weight excluding hydrogens is 410 g/mol. The highest BCUT2D eigenvalue weighted by Crippen LogP contribution is 2.41. The summed E-state index contributed by atoms with van der Waals surface area (Å²) in [6, 6.07) is 15.5. The van der Waals surface area contributed by atoms with Gasteiger partial charge in [0.25, 0.3) is 0 Å². The molecule has 0 bridgehead atoms. The molecule has 8 heteroatoms. The van der Waals surface area contributed by atoms with Crippen LogP contribution in [0.25, 0.3) is 10.4 Å². The number of nitriles is 2. The van der Waals surface area contributed by atoms with Crippen molar-refractivity contribution in [2.45, 2.75) is 9.92 Å². The lowest BCUT2D eigenvalue weighted by atomic mass is 10.0. The Labute approximate surface area is 176 Å². The van der Waals surface area contributed by atoms with E-state index in [1.807, 2.05) is 43.7 Å². The largest absolute Gasteiger partial charge is 0.369 e. The predicted molar refractivity (Wildman–Crippen MR) is 114 cm³/mol. The molecule has 0 unspecified atom stereocenters. The molecule has 0 radical (unpaired) electrons. The number of rotatable bonds is 5. The molecule has 0 aliphatic carbocycles. The van der Waals surface area contributed by atoms with Gasteiger partial charge in [-0.05, 0) is 29.6 Å². The number of pyridine rings is 1. The fraction of sp³-hybridized carbons (Fsp3) is 0.100. The molecule has 0 fully saturated rings. The van der Waals surface area contributed by atoms with Gasteiger partial charge in [-0.25, -0.2) is 9.98 Å². The van der Waals surface area contributed by atoms with Crippen molar-refractivity contribution in [3.05, 3.63) is 57.9 Å². The highest BCUT2D eigenvalue weighted by Gasteiger charge is 2.22. The average molecular weight is 424 g/mol. The van der Waals surface area contributed by atoms with Crippen LogP contribution in [0.5, 0.6) is 0 Å². The smallest absolute Gasteiger partial charge is 0.173 e. The van der Waals surface area contributed by atoms with Gasteiger partial charge in [0, 0.05) is 34.5 Å². The molecule has 0 spiro atoms. The Bertz CT molecular complexity index is 1110. The summed E-state index contributed by atoms with van der Waals surface area (Å²) in [5.74, 6) is 0.281. The van der Waals surface area contributed by atoms with Crippen LogP contribution in [-0.2, 0) is 0 Å². The zero-order valence-corrected chi connectivity index (χ0v) is 17.4. The van der Waals surface area contributed by atoms with Gasteiger partial charge in [-0.3, -0.25) is 0 Å². The van der Waals surface area contributed by atoms with E-state index >= 15 is 0 Å². The lowest BCUT2D eigenvalue weighted by Crippen LogP contribution is -2.07. The number of benzene rings is 1. The van der Waals surface area contributed by atoms with E-state index in [-0.39, 0.29) is 11.4 Å². The van der Waals surface area contributed by atoms with Gasteiger partial charge in [-0.15, -0.1) is 11.3 Å². The molecule has 0 atom stereocenters. The van der Waals surface area contributed by atoms with Crippen LogP contribution in [0.4, 0.5) is 5.82 Å². The Balaban J connectivity index is 2.26. The number of halogens is 1. The molecule has 2 heterocycles. The first kappa shape index (κ1) is 19.9. The fourth-order valence-corrected chi connectivity index (χ4v) is 4.38. The molecule has 0 aliphatic rings. The van der Waals surface area contributed by atoms with Gasteiger partial charge in [0.2, 0.25) is 0 Å². The van der Waals surface area contributed by atoms with Crippen LogP contribution in [0.2, 0.25) is 5.02 Å². The Morgan fingerprint density at radius 1 is 1.18 bits per heavy atom. The Morgan fingerprint density at radius 3 is 2.57 bits per heavy atom. The quantitative estimate of drug-likeness (QED) is 0.395. The van der Waals surface area contributed by atoms with E-state index in [2.05, 4.69) is 22.1 Å². The maximum Gasteiger partial charge on any atom is 0.173 e. The van der Waals surface area contributed by atoms with Crippen molar-refractivity contribution in [3.63, 3.8) is 0 Å². The summed E-state index contributed by atoms with van der Waals surface area (Å²) in [6.45, 7) is 0. The van der Waals surface area contributed by atoms with Crippen molar-refractivity contribution in [3.8, 4) is 22.6 Å². The molecule has 0 N–H and O–H groups in total. The van der Waals surface area contributed by atoms with Gasteiger partial charge in [-0.1, -0.05) is 35.5 Å². The highest BCUT2D eigenvalue weighted by atomic mass is 35.5. The summed E-state index contributed by atoms with van der Waals surface area (Å²) >= 11 is 8.88. The molecule has 0 saturated heterocycles. The second-order valence-electron chi connectivity index (χ2n) is 5.83. The predicted octanol–water partition coefficient (Wildman–Crippen LogP) is 5.58. The Morgan fingerprint density at radius 2 is 1.96 bits per heavy atom. The fourth-order valence-electron chi connectivity index (χ4n) is 2.41. The summed E-state index contributed by atoms with van der Waals surface area (Å²) in [6.07, 6.45) is 1.58. The molecule has 28 heavy (non-hydrogen) atoms. The minimum absolute atomic E-state index is 0.281. The molecule has 0 saturated carbocycles. The van der Waals surface area contributed by atoms with Gasteiger partial charge in [0.05, 0.1) is 11.9 Å². The van der Waals surface area contributed by atoms with Crippen molar-refractivity contribution in [1.82, 2.24) is 9.88 Å². The number of nitrogens with zero attached hydrogens (tertiary/aromatic N) is 5. The van der Waals surface area contributed by atoms with E-state index in [0.29, 0.717) is 21.2 Å². The standard InChI is InChI=1S/C20H14ClN5S2/c1-26(2)12-24-19-15(10-22)18(17-7-4-8-27-17)16(11-23)20(25-19)28-14-6-3-5-13(21)9-14/h3-9,12H,1-2H3. The second-order valence-corrected chi connectivity index (χ2v) is 8.28. The van der Waals surface area contributed by atoms with Crippen LogP contribution in [0.3, 0.4) is 0 Å². The summed E-state index contributed by atoms with van der Waals surface area (Å²) < 4.78 is 0. The molecule has 2 aromatic heterocycles. The zero-order chi connectivity index (χ0) is 20.1. The molecule has 5 nitrogen and oxygen atoms in total. The van der Waals surface area contributed by atoms with E-state index in [1.54, 1.807) is 23.4 Å². The summed E-state index contributed by atoms with van der Waals surface area (Å²) in [5, 5.41) is 22.7. The molecule has 3 rings (SSSR count). The summed E-state index contributed by atoms with van der Waals surface area (Å²) in [4.78, 5) is 12.3. The van der Waals surface area contributed by atoms with Crippen LogP contribution in [0.1, 0.15) is 11.1 Å². The SMILES string of the molecule is CN(C)C=Nc1nc(Sc2cccc(Cl)c2)c(C#N)c(-c2cccs2)c1C#N. The molecule has 1 aromatic carbocycles. The third-order valence-corrected chi connectivity index (χ3v) is 5.66. The van der Waals surface area contributed by atoms with Crippen molar-refractivity contribution in [2.24, 2.45) is 4.99 Å². The minimum Gasteiger partial charge on any atom is -0.369 e. The average Bonchev–Trinajstić information content (AvgIpc) is 3.20. The number of thiophene rings is 1. The van der Waals surface area contributed by atoms with Gasteiger partial charge >= 0.3 is 0 Å². The lowest BCUT2D eigenvalue weighted by Gasteiger charge is -2.12. The summed E-state index contributed by atoms with van der Waals surface area (Å²) in [5.41, 5.74) is 1.20. The van der Waals surface area contributed by atoms with Crippen LogP contribution >= 0.6 is 34.7 Å². The first-order valence-electron chi connectivity index (χ1n) is 8.09. The third-order valence-electron chi connectivity index (χ3n) is 3.56. The number of aliphatic imine (C=N–C) groups is 1. The van der Waals surface area contributed by atoms with E-state index in [4.69, 9.17) is 11.6 Å². The first-order valence-corrected chi connectivity index (χ1v) is 10.2. The highest BCUT2D eigenvalue weighted by molar-refractivity contribution is 7.99. The van der Waals surface area contributed by atoms with E-state index in [0.717, 1.165) is 9.77 Å². The van der Waals surface area contributed by atoms with Crippen LogP contribution in [-0.4, -0.2) is 30.3 Å². The number of hydrogen-bond donors (Lipinski definition) is 0. The normalized spacial score (nSPS) is 10.6. The van der Waals surface area contributed by atoms with Gasteiger partial charge in [-0.2, -0.15) is 10.5 Å². The first-order chi connectivity index (χ1) is 13.5. The monoisotopic (exact) mass is 423 g/mol. The van der Waals surface area contributed by atoms with E-state index < -0.39 is 0 Å². The van der Waals surface area contributed by atoms with E-state index in [1.165, 1.54) is 23.1 Å². The van der Waals surface area contributed by atoms with Crippen LogP contribution in [0, 0.1) is 22.7 Å². The topological polar surface area (TPSA) is 76.1 Å². The van der Waals surface area contributed by atoms with Crippen molar-refractivity contribution in [2.75, 3.05) is 14.1 Å². The Hall–Kier alpha value is -2.84. The molecule has 3 aromatic rings. The molecular formula is C20H14ClN5S2. The third kappa shape index (κ3) is 4.35. The van der Waals surface area contributed by atoms with Crippen LogP contribution in [0.15, 0.2) is 56.7 Å². The maximum atomic E-state index is 9.88. The molecule has 138 valence electrons. The number of aromatic nitrogens is 1. The van der Waals surface area contributed by atoms with Crippen LogP contribution < -0.4 is 0 Å². The second kappa shape index (κ2) is 8.90. The van der Waals surface area contributed by atoms with E-state index in [9.17, 15) is 10.5 Å². The van der Waals surface area contributed by atoms with Crippen molar-refractivity contribution < 1.29 is 0 Å². The zero-order valence-electron chi connectivity index (χ0n) is 15.0. The Kier molecular flexibility index (Phi) is 6.33. The molecule has 0 aliphatic heterocycles. The number of hydrogen-bond acceptors (Lipinski definition) is 6. The lowest BCUT2D eigenvalue weighted by molar-refractivity contribution is 0.643. The van der Waals surface area contributed by atoms with Gasteiger partial charge in [0.1, 0.15) is 22.7 Å². The summed E-state index contributed by atoms with van der Waals surface area (Å²) in [7, 11) is 3.67. The maximum absolute atomic E-state index is 9.88. The molecule has 0 amide bonds. The van der Waals surface area contributed by atoms with Crippen molar-refractivity contribution >= 4 is 46.9 Å². The van der Waals surface area contributed by atoms with Gasteiger partial charge in [0.15, 0.2) is 5.82 Å². The van der Waals surface area contributed by atoms with Gasteiger partial charge < -0.3 is 4.90 Å².